The molecule has 4 nitrogen and oxygen atoms in total. The molecular formula is C11H9F3N2O2. The average Bonchev–Trinajstić information content (AvgIpc) is 2.65. The summed E-state index contributed by atoms with van der Waals surface area (Å²) in [6.45, 7) is 1.72. The SMILES string of the molecule is CCc1c(C(=O)O)nc2cc(C(F)(F)F)ccn12. The maximum absolute atomic E-state index is 12.5. The van der Waals surface area contributed by atoms with Crippen LogP contribution in [-0.2, 0) is 12.6 Å². The predicted molar refractivity (Wildman–Crippen MR) is 56.5 cm³/mol. The van der Waals surface area contributed by atoms with Crippen LogP contribution in [0, 0.1) is 0 Å². The smallest absolute Gasteiger partial charge is 0.416 e. The van der Waals surface area contributed by atoms with Gasteiger partial charge < -0.3 is 9.51 Å². The highest BCUT2D eigenvalue weighted by atomic mass is 19.4. The van der Waals surface area contributed by atoms with Gasteiger partial charge in [0.1, 0.15) is 5.65 Å². The van der Waals surface area contributed by atoms with Gasteiger partial charge in [0.25, 0.3) is 0 Å². The lowest BCUT2D eigenvalue weighted by atomic mass is 10.2. The highest BCUT2D eigenvalue weighted by molar-refractivity contribution is 5.88. The molecule has 0 fully saturated rings. The Morgan fingerprint density at radius 3 is 2.67 bits per heavy atom. The molecule has 18 heavy (non-hydrogen) atoms. The summed E-state index contributed by atoms with van der Waals surface area (Å²) < 4.78 is 38.9. The Hall–Kier alpha value is -2.05. The zero-order valence-electron chi connectivity index (χ0n) is 9.32. The number of aryl methyl sites for hydroxylation is 1. The number of imidazole rings is 1. The molecule has 0 amide bonds. The van der Waals surface area contributed by atoms with Gasteiger partial charge in [-0.25, -0.2) is 9.78 Å². The molecule has 0 unspecified atom stereocenters. The van der Waals surface area contributed by atoms with Crippen molar-refractivity contribution in [2.75, 3.05) is 0 Å². The van der Waals surface area contributed by atoms with Gasteiger partial charge in [-0.15, -0.1) is 0 Å². The van der Waals surface area contributed by atoms with Gasteiger partial charge in [0.15, 0.2) is 5.69 Å². The third-order valence-electron chi connectivity index (χ3n) is 2.59. The molecule has 1 N–H and O–H groups in total. The van der Waals surface area contributed by atoms with Crippen molar-refractivity contribution in [2.45, 2.75) is 19.5 Å². The second-order valence-corrected chi connectivity index (χ2v) is 3.71. The fourth-order valence-electron chi connectivity index (χ4n) is 1.78. The van der Waals surface area contributed by atoms with E-state index in [-0.39, 0.29) is 11.3 Å². The number of nitrogens with zero attached hydrogens (tertiary/aromatic N) is 2. The Labute approximate surface area is 99.7 Å². The van der Waals surface area contributed by atoms with Gasteiger partial charge >= 0.3 is 12.1 Å². The summed E-state index contributed by atoms with van der Waals surface area (Å²) in [4.78, 5) is 14.7. The van der Waals surface area contributed by atoms with Crippen LogP contribution in [0.2, 0.25) is 0 Å². The molecule has 2 aromatic rings. The highest BCUT2D eigenvalue weighted by Gasteiger charge is 2.31. The van der Waals surface area contributed by atoms with Crippen LogP contribution in [0.3, 0.4) is 0 Å². The Kier molecular flexibility index (Phi) is 2.76. The van der Waals surface area contributed by atoms with Crippen molar-refractivity contribution in [3.05, 3.63) is 35.3 Å². The van der Waals surface area contributed by atoms with E-state index in [1.54, 1.807) is 6.92 Å². The topological polar surface area (TPSA) is 54.6 Å². The zero-order chi connectivity index (χ0) is 13.5. The van der Waals surface area contributed by atoms with E-state index in [2.05, 4.69) is 4.98 Å². The van der Waals surface area contributed by atoms with Crippen LogP contribution in [0.4, 0.5) is 13.2 Å². The number of hydrogen-bond donors (Lipinski definition) is 1. The summed E-state index contributed by atoms with van der Waals surface area (Å²) in [5.41, 5.74) is -0.693. The van der Waals surface area contributed by atoms with E-state index in [1.165, 1.54) is 10.6 Å². The van der Waals surface area contributed by atoms with Gasteiger partial charge in [-0.2, -0.15) is 13.2 Å². The molecule has 96 valence electrons. The first-order valence-electron chi connectivity index (χ1n) is 5.16. The minimum atomic E-state index is -4.47. The Morgan fingerprint density at radius 1 is 1.50 bits per heavy atom. The lowest BCUT2D eigenvalue weighted by Gasteiger charge is -2.06. The molecule has 0 saturated heterocycles. The molecule has 0 radical (unpaired) electrons. The number of halogens is 3. The second kappa shape index (κ2) is 4.01. The summed E-state index contributed by atoms with van der Waals surface area (Å²) in [5.74, 6) is -1.25. The first-order chi connectivity index (χ1) is 8.34. The van der Waals surface area contributed by atoms with E-state index in [4.69, 9.17) is 5.11 Å². The highest BCUT2D eigenvalue weighted by Crippen LogP contribution is 2.30. The van der Waals surface area contributed by atoms with Crippen LogP contribution in [0.25, 0.3) is 5.65 Å². The normalized spacial score (nSPS) is 12.0. The zero-order valence-corrected chi connectivity index (χ0v) is 9.32. The van der Waals surface area contributed by atoms with Gasteiger partial charge in [-0.3, -0.25) is 0 Å². The number of carboxylic acids is 1. The van der Waals surface area contributed by atoms with Crippen LogP contribution < -0.4 is 0 Å². The van der Waals surface area contributed by atoms with Crippen LogP contribution in [0.5, 0.6) is 0 Å². The molecule has 0 aliphatic carbocycles. The van der Waals surface area contributed by atoms with Crippen LogP contribution >= 0.6 is 0 Å². The molecule has 0 saturated carbocycles. The first kappa shape index (κ1) is 12.4. The van der Waals surface area contributed by atoms with Crippen molar-refractivity contribution >= 4 is 11.6 Å². The fraction of sp³-hybridized carbons (Fsp3) is 0.273. The standard InChI is InChI=1S/C11H9F3N2O2/c1-2-7-9(10(17)18)15-8-5-6(11(12,13)14)3-4-16(7)8/h3-5H,2H2,1H3,(H,17,18). The molecule has 0 aliphatic heterocycles. The summed E-state index contributed by atoms with van der Waals surface area (Å²) in [7, 11) is 0. The maximum Gasteiger partial charge on any atom is 0.416 e. The first-order valence-corrected chi connectivity index (χ1v) is 5.16. The van der Waals surface area contributed by atoms with Gasteiger partial charge in [0.05, 0.1) is 11.3 Å². The van der Waals surface area contributed by atoms with Crippen molar-refractivity contribution in [1.29, 1.82) is 0 Å². The van der Waals surface area contributed by atoms with Gasteiger partial charge in [0, 0.05) is 6.20 Å². The number of carbonyl (C=O) groups is 1. The van der Waals surface area contributed by atoms with E-state index < -0.39 is 17.7 Å². The second-order valence-electron chi connectivity index (χ2n) is 3.71. The third-order valence-corrected chi connectivity index (χ3v) is 2.59. The molecule has 7 heteroatoms. The maximum atomic E-state index is 12.5. The molecule has 0 bridgehead atoms. The van der Waals surface area contributed by atoms with Crippen LogP contribution in [0.15, 0.2) is 18.3 Å². The largest absolute Gasteiger partial charge is 0.476 e. The third kappa shape index (κ3) is 1.92. The number of fused-ring (bicyclic) bond motifs is 1. The molecule has 2 aromatic heterocycles. The van der Waals surface area contributed by atoms with E-state index in [1.807, 2.05) is 0 Å². The average molecular weight is 258 g/mol. The Bertz CT molecular complexity index is 617. The Balaban J connectivity index is 2.69. The van der Waals surface area contributed by atoms with E-state index in [0.29, 0.717) is 12.1 Å². The minimum Gasteiger partial charge on any atom is -0.476 e. The lowest BCUT2D eigenvalue weighted by Crippen LogP contribution is -2.06. The molecule has 0 spiro atoms. The van der Waals surface area contributed by atoms with Crippen LogP contribution in [-0.4, -0.2) is 20.5 Å². The summed E-state index contributed by atoms with van der Waals surface area (Å²) in [6, 6.07) is 1.74. The van der Waals surface area contributed by atoms with Crippen LogP contribution in [0.1, 0.15) is 28.7 Å². The molecule has 2 rings (SSSR count). The summed E-state index contributed by atoms with van der Waals surface area (Å²) in [6.07, 6.45) is -2.91. The molecule has 2 heterocycles. The van der Waals surface area contributed by atoms with Crippen molar-refractivity contribution in [2.24, 2.45) is 0 Å². The number of aromatic nitrogens is 2. The lowest BCUT2D eigenvalue weighted by molar-refractivity contribution is -0.137. The number of hydrogen-bond acceptors (Lipinski definition) is 2. The molecule has 0 aliphatic rings. The summed E-state index contributed by atoms with van der Waals surface area (Å²) in [5, 5.41) is 8.93. The van der Waals surface area contributed by atoms with E-state index in [9.17, 15) is 18.0 Å². The van der Waals surface area contributed by atoms with Gasteiger partial charge in [-0.1, -0.05) is 6.92 Å². The molecule has 0 atom stereocenters. The molecular weight excluding hydrogens is 249 g/mol. The Morgan fingerprint density at radius 2 is 2.17 bits per heavy atom. The van der Waals surface area contributed by atoms with E-state index in [0.717, 1.165) is 12.1 Å². The predicted octanol–water partition coefficient (Wildman–Crippen LogP) is 2.61. The van der Waals surface area contributed by atoms with Gasteiger partial charge in [-0.05, 0) is 18.6 Å². The van der Waals surface area contributed by atoms with Crippen molar-refractivity contribution in [1.82, 2.24) is 9.38 Å². The van der Waals surface area contributed by atoms with Crippen molar-refractivity contribution in [3.8, 4) is 0 Å². The van der Waals surface area contributed by atoms with E-state index >= 15 is 0 Å². The molecule has 0 aromatic carbocycles. The summed E-state index contributed by atoms with van der Waals surface area (Å²) >= 11 is 0. The minimum absolute atomic E-state index is 0.0147. The number of carboxylic acid groups (broad SMARTS) is 1. The van der Waals surface area contributed by atoms with Crippen molar-refractivity contribution < 1.29 is 23.1 Å². The number of alkyl halides is 3. The number of aromatic carboxylic acids is 1. The number of pyridine rings is 1. The van der Waals surface area contributed by atoms with Gasteiger partial charge in [0.2, 0.25) is 0 Å². The quantitative estimate of drug-likeness (QED) is 0.900. The fourth-order valence-corrected chi connectivity index (χ4v) is 1.78. The monoisotopic (exact) mass is 258 g/mol. The number of rotatable bonds is 2. The van der Waals surface area contributed by atoms with Crippen molar-refractivity contribution in [3.63, 3.8) is 0 Å².